The minimum absolute atomic E-state index is 0.129. The number of carbonyl (C=O) groups is 3. The number of hydrogen-bond donors (Lipinski definition) is 3. The molecule has 7 heteroatoms. The summed E-state index contributed by atoms with van der Waals surface area (Å²) in [4.78, 5) is 35.6. The number of carbonyl (C=O) groups excluding carboxylic acids is 3. The highest BCUT2D eigenvalue weighted by atomic mass is 16.3. The standard InChI is InChI=1S/C19H29N3O4/c1-6-13-7-8-14(26-13)15(18(2,3)4)21-16(24)12-9-19(10-12,11-23)22-17(25)20-5/h7-8,11-12,15H,6,9-10H2,1-5H3,(H,21,24)(H2,20,22,25). The Labute approximate surface area is 154 Å². The fourth-order valence-corrected chi connectivity index (χ4v) is 3.24. The number of aryl methyl sites for hydroxylation is 1. The summed E-state index contributed by atoms with van der Waals surface area (Å²) in [5, 5.41) is 8.12. The van der Waals surface area contributed by atoms with Crippen molar-refractivity contribution < 1.29 is 18.8 Å². The van der Waals surface area contributed by atoms with Gasteiger partial charge in [-0.1, -0.05) is 27.7 Å². The lowest BCUT2D eigenvalue weighted by molar-refractivity contribution is -0.134. The van der Waals surface area contributed by atoms with Gasteiger partial charge in [0.25, 0.3) is 0 Å². The van der Waals surface area contributed by atoms with Crippen LogP contribution in [0.4, 0.5) is 4.79 Å². The minimum atomic E-state index is -0.959. The van der Waals surface area contributed by atoms with Crippen LogP contribution in [0.2, 0.25) is 0 Å². The summed E-state index contributed by atoms with van der Waals surface area (Å²) >= 11 is 0. The fraction of sp³-hybridized carbons (Fsp3) is 0.632. The van der Waals surface area contributed by atoms with Crippen LogP contribution in [0.1, 0.15) is 58.1 Å². The predicted molar refractivity (Wildman–Crippen MR) is 97.5 cm³/mol. The average Bonchev–Trinajstić information content (AvgIpc) is 3.02. The second-order valence-electron chi connectivity index (χ2n) is 8.05. The summed E-state index contributed by atoms with van der Waals surface area (Å²) in [6.45, 7) is 8.13. The summed E-state index contributed by atoms with van der Waals surface area (Å²) in [7, 11) is 1.48. The van der Waals surface area contributed by atoms with Crippen LogP contribution in [-0.2, 0) is 16.0 Å². The summed E-state index contributed by atoms with van der Waals surface area (Å²) in [5.41, 5.74) is -1.19. The van der Waals surface area contributed by atoms with Crippen molar-refractivity contribution in [3.05, 3.63) is 23.7 Å². The zero-order valence-corrected chi connectivity index (χ0v) is 16.1. The van der Waals surface area contributed by atoms with Crippen molar-refractivity contribution in [2.24, 2.45) is 11.3 Å². The van der Waals surface area contributed by atoms with Crippen LogP contribution in [-0.4, -0.2) is 30.8 Å². The van der Waals surface area contributed by atoms with Crippen molar-refractivity contribution in [3.63, 3.8) is 0 Å². The first-order valence-electron chi connectivity index (χ1n) is 8.99. The fourth-order valence-electron chi connectivity index (χ4n) is 3.24. The Morgan fingerprint density at radius 2 is 2.00 bits per heavy atom. The van der Waals surface area contributed by atoms with Gasteiger partial charge in [0.2, 0.25) is 5.91 Å². The van der Waals surface area contributed by atoms with Gasteiger partial charge in [0, 0.05) is 19.4 Å². The smallest absolute Gasteiger partial charge is 0.315 e. The van der Waals surface area contributed by atoms with Crippen molar-refractivity contribution in [1.82, 2.24) is 16.0 Å². The number of amides is 3. The molecule has 144 valence electrons. The van der Waals surface area contributed by atoms with Crippen LogP contribution in [0.5, 0.6) is 0 Å². The van der Waals surface area contributed by atoms with E-state index in [1.54, 1.807) is 0 Å². The maximum absolute atomic E-state index is 12.7. The van der Waals surface area contributed by atoms with Crippen molar-refractivity contribution in [1.29, 1.82) is 0 Å². The van der Waals surface area contributed by atoms with Crippen LogP contribution < -0.4 is 16.0 Å². The van der Waals surface area contributed by atoms with Crippen LogP contribution >= 0.6 is 0 Å². The molecule has 3 amide bonds. The van der Waals surface area contributed by atoms with Gasteiger partial charge in [0.1, 0.15) is 17.8 Å². The van der Waals surface area contributed by atoms with E-state index in [0.29, 0.717) is 19.1 Å². The summed E-state index contributed by atoms with van der Waals surface area (Å²) in [6, 6.07) is 3.13. The molecule has 1 aliphatic carbocycles. The van der Waals surface area contributed by atoms with Gasteiger partial charge >= 0.3 is 6.03 Å². The molecule has 1 unspecified atom stereocenters. The van der Waals surface area contributed by atoms with Crippen LogP contribution in [0.15, 0.2) is 16.5 Å². The molecule has 0 saturated heterocycles. The highest BCUT2D eigenvalue weighted by Crippen LogP contribution is 2.39. The first-order valence-corrected chi connectivity index (χ1v) is 8.99. The van der Waals surface area contributed by atoms with Gasteiger partial charge in [0.15, 0.2) is 0 Å². The van der Waals surface area contributed by atoms with Crippen molar-refractivity contribution in [3.8, 4) is 0 Å². The van der Waals surface area contributed by atoms with Gasteiger partial charge in [-0.15, -0.1) is 0 Å². The van der Waals surface area contributed by atoms with Gasteiger partial charge in [-0.05, 0) is 30.4 Å². The van der Waals surface area contributed by atoms with Gasteiger partial charge < -0.3 is 25.2 Å². The molecule has 1 saturated carbocycles. The Kier molecular flexibility index (Phi) is 5.78. The van der Waals surface area contributed by atoms with E-state index in [0.717, 1.165) is 17.9 Å². The third kappa shape index (κ3) is 4.26. The lowest BCUT2D eigenvalue weighted by atomic mass is 9.68. The maximum atomic E-state index is 12.7. The topological polar surface area (TPSA) is 100 Å². The van der Waals surface area contributed by atoms with Gasteiger partial charge in [-0.2, -0.15) is 0 Å². The first kappa shape index (κ1) is 20.0. The van der Waals surface area contributed by atoms with Crippen molar-refractivity contribution >= 4 is 18.2 Å². The van der Waals surface area contributed by atoms with Crippen molar-refractivity contribution in [2.75, 3.05) is 7.05 Å². The third-order valence-electron chi connectivity index (χ3n) is 4.88. The molecule has 1 fully saturated rings. The van der Waals surface area contributed by atoms with E-state index in [2.05, 4.69) is 16.0 Å². The molecule has 1 aromatic rings. The Hall–Kier alpha value is -2.31. The molecular weight excluding hydrogens is 334 g/mol. The second kappa shape index (κ2) is 7.51. The zero-order chi connectivity index (χ0) is 19.5. The monoisotopic (exact) mass is 363 g/mol. The average molecular weight is 363 g/mol. The van der Waals surface area contributed by atoms with Crippen LogP contribution in [0.25, 0.3) is 0 Å². The Morgan fingerprint density at radius 1 is 1.35 bits per heavy atom. The van der Waals surface area contributed by atoms with E-state index in [9.17, 15) is 14.4 Å². The highest BCUT2D eigenvalue weighted by Gasteiger charge is 2.49. The molecule has 0 aliphatic heterocycles. The second-order valence-corrected chi connectivity index (χ2v) is 8.05. The molecule has 0 aromatic carbocycles. The summed E-state index contributed by atoms with van der Waals surface area (Å²) in [6.07, 6.45) is 2.10. The molecule has 1 atom stereocenters. The molecule has 1 aliphatic rings. The van der Waals surface area contributed by atoms with E-state index >= 15 is 0 Å². The number of nitrogens with one attached hydrogen (secondary N) is 3. The van der Waals surface area contributed by atoms with Crippen LogP contribution in [0.3, 0.4) is 0 Å². The normalized spacial score (nSPS) is 23.5. The number of furan rings is 1. The molecular formula is C19H29N3O4. The molecule has 0 bridgehead atoms. The number of hydrogen-bond acceptors (Lipinski definition) is 4. The zero-order valence-electron chi connectivity index (χ0n) is 16.1. The molecule has 1 aromatic heterocycles. The number of rotatable bonds is 6. The van der Waals surface area contributed by atoms with E-state index in [4.69, 9.17) is 4.42 Å². The summed E-state index contributed by atoms with van der Waals surface area (Å²) in [5.74, 6) is 1.16. The first-order chi connectivity index (χ1) is 12.1. The van der Waals surface area contributed by atoms with E-state index in [1.807, 2.05) is 39.8 Å². The van der Waals surface area contributed by atoms with Crippen molar-refractivity contribution in [2.45, 2.75) is 58.5 Å². The van der Waals surface area contributed by atoms with E-state index in [1.165, 1.54) is 7.05 Å². The largest absolute Gasteiger partial charge is 0.464 e. The van der Waals surface area contributed by atoms with E-state index in [-0.39, 0.29) is 23.3 Å². The Bertz CT molecular complexity index is 669. The lowest BCUT2D eigenvalue weighted by Gasteiger charge is -2.44. The van der Waals surface area contributed by atoms with Gasteiger partial charge in [-0.25, -0.2) is 4.79 Å². The quantitative estimate of drug-likeness (QED) is 0.675. The molecule has 2 rings (SSSR count). The lowest BCUT2D eigenvalue weighted by Crippen LogP contribution is -2.63. The molecule has 0 radical (unpaired) electrons. The molecule has 0 spiro atoms. The van der Waals surface area contributed by atoms with Gasteiger partial charge in [-0.3, -0.25) is 4.79 Å². The van der Waals surface area contributed by atoms with E-state index < -0.39 is 11.6 Å². The third-order valence-corrected chi connectivity index (χ3v) is 4.88. The molecule has 1 heterocycles. The highest BCUT2D eigenvalue weighted by molar-refractivity contribution is 5.86. The maximum Gasteiger partial charge on any atom is 0.315 e. The molecule has 3 N–H and O–H groups in total. The summed E-state index contributed by atoms with van der Waals surface area (Å²) < 4.78 is 5.85. The minimum Gasteiger partial charge on any atom is -0.464 e. The Morgan fingerprint density at radius 3 is 2.46 bits per heavy atom. The van der Waals surface area contributed by atoms with Crippen LogP contribution in [0, 0.1) is 11.3 Å². The predicted octanol–water partition coefficient (Wildman–Crippen LogP) is 2.32. The Balaban J connectivity index is 2.05. The number of urea groups is 1. The molecule has 7 nitrogen and oxygen atoms in total. The van der Waals surface area contributed by atoms with Gasteiger partial charge in [0.05, 0.1) is 11.6 Å². The molecule has 26 heavy (non-hydrogen) atoms. The number of aldehydes is 1. The SMILES string of the molecule is CCc1ccc(C(NC(=O)C2CC(C=O)(NC(=O)NC)C2)C(C)(C)C)o1.